The maximum atomic E-state index is 14.4. The van der Waals surface area contributed by atoms with Crippen molar-refractivity contribution in [3.05, 3.63) is 41.0 Å². The number of aryl methyl sites for hydroxylation is 1. The Morgan fingerprint density at radius 1 is 1.24 bits per heavy atom. The Bertz CT molecular complexity index is 1200. The van der Waals surface area contributed by atoms with Gasteiger partial charge >= 0.3 is 0 Å². The molecule has 4 atom stereocenters. The molecule has 1 aliphatic carbocycles. The number of alkyl halides is 1. The molecular weight excluding hydrogens is 527 g/mol. The van der Waals surface area contributed by atoms with Crippen LogP contribution in [0.25, 0.3) is 10.4 Å². The molecule has 2 aliphatic rings. The second-order valence-electron chi connectivity index (χ2n) is 10.7. The Hall–Kier alpha value is -2.50. The van der Waals surface area contributed by atoms with Gasteiger partial charge in [-0.2, -0.15) is 11.8 Å². The molecule has 1 aromatic heterocycles. The lowest BCUT2D eigenvalue weighted by Gasteiger charge is -2.37. The van der Waals surface area contributed by atoms with Crippen LogP contribution in [0.2, 0.25) is 0 Å². The first-order valence-electron chi connectivity index (χ1n) is 12.7. The van der Waals surface area contributed by atoms with Gasteiger partial charge in [0.1, 0.15) is 12.1 Å². The number of aromatic nitrogens is 1. The van der Waals surface area contributed by atoms with Crippen molar-refractivity contribution < 1.29 is 23.9 Å². The number of hydrogen-bond donors (Lipinski definition) is 3. The molecule has 11 heteroatoms. The Kier molecular flexibility index (Phi) is 8.20. The molecule has 1 saturated heterocycles. The number of likely N-dealkylation sites (tertiary alicyclic amines) is 1. The molecule has 2 fully saturated rings. The number of rotatable bonds is 9. The maximum Gasteiger partial charge on any atom is 0.258 e. The third kappa shape index (κ3) is 5.89. The predicted molar refractivity (Wildman–Crippen MR) is 148 cm³/mol. The number of amides is 3. The van der Waals surface area contributed by atoms with E-state index in [0.717, 1.165) is 21.7 Å². The highest BCUT2D eigenvalue weighted by molar-refractivity contribution is 8.00. The van der Waals surface area contributed by atoms with Crippen molar-refractivity contribution in [3.8, 4) is 10.4 Å². The van der Waals surface area contributed by atoms with Crippen molar-refractivity contribution >= 4 is 40.8 Å². The van der Waals surface area contributed by atoms with E-state index >= 15 is 0 Å². The number of carbonyl (C=O) groups excluding carboxylic acids is 3. The van der Waals surface area contributed by atoms with E-state index in [1.165, 1.54) is 16.7 Å². The van der Waals surface area contributed by atoms with Crippen molar-refractivity contribution in [2.45, 2.75) is 81.6 Å². The van der Waals surface area contributed by atoms with E-state index in [1.54, 1.807) is 31.4 Å². The molecule has 0 spiro atoms. The SMILES string of the molecule is CSC(C)(C)[C@H](NC(=O)C1(F)CC1)C(=O)N1C[C@H](O)C[C@H]1C(=O)N[C@@H](C)c1ccc(-c2scnc2C)cc1. The van der Waals surface area contributed by atoms with Gasteiger partial charge in [0.05, 0.1) is 28.2 Å². The van der Waals surface area contributed by atoms with Crippen molar-refractivity contribution in [2.75, 3.05) is 12.8 Å². The van der Waals surface area contributed by atoms with Gasteiger partial charge in [0.2, 0.25) is 11.8 Å². The van der Waals surface area contributed by atoms with Gasteiger partial charge in [-0.15, -0.1) is 11.3 Å². The molecular formula is C27H35FN4O4S2. The first kappa shape index (κ1) is 28.5. The molecule has 2 heterocycles. The summed E-state index contributed by atoms with van der Waals surface area (Å²) in [6, 6.07) is 5.57. The molecule has 0 unspecified atom stereocenters. The number of thiazole rings is 1. The van der Waals surface area contributed by atoms with E-state index in [4.69, 9.17) is 0 Å². The summed E-state index contributed by atoms with van der Waals surface area (Å²) in [4.78, 5) is 46.3. The maximum absolute atomic E-state index is 14.4. The number of benzene rings is 1. The van der Waals surface area contributed by atoms with E-state index < -0.39 is 40.4 Å². The average molecular weight is 563 g/mol. The van der Waals surface area contributed by atoms with Gasteiger partial charge in [-0.3, -0.25) is 14.4 Å². The standard InChI is InChI=1S/C27H35FN4O4S2/c1-15(17-6-8-18(9-7-17)21-16(2)29-14-38-21)30-23(34)20-12-19(33)13-32(20)24(35)22(26(3,4)37-5)31-25(36)27(28)10-11-27/h6-9,14-15,19-20,22,33H,10-13H2,1-5H3,(H,30,34)(H,31,36)/t15-,19+,20-,22+/m0/s1. The second kappa shape index (κ2) is 10.9. The van der Waals surface area contributed by atoms with Crippen LogP contribution in [-0.2, 0) is 14.4 Å². The summed E-state index contributed by atoms with van der Waals surface area (Å²) in [5, 5.41) is 16.0. The molecule has 3 N–H and O–H groups in total. The van der Waals surface area contributed by atoms with E-state index in [-0.39, 0.29) is 37.8 Å². The van der Waals surface area contributed by atoms with Crippen molar-refractivity contribution in [1.29, 1.82) is 0 Å². The number of carbonyl (C=O) groups is 3. The quantitative estimate of drug-likeness (QED) is 0.432. The molecule has 8 nitrogen and oxygen atoms in total. The zero-order valence-corrected chi connectivity index (χ0v) is 23.9. The highest BCUT2D eigenvalue weighted by Gasteiger charge is 2.54. The summed E-state index contributed by atoms with van der Waals surface area (Å²) in [7, 11) is 0. The van der Waals surface area contributed by atoms with Crippen LogP contribution in [0.5, 0.6) is 0 Å². The van der Waals surface area contributed by atoms with Crippen LogP contribution in [0, 0.1) is 6.92 Å². The van der Waals surface area contributed by atoms with Gasteiger partial charge in [0.15, 0.2) is 5.67 Å². The van der Waals surface area contributed by atoms with Crippen molar-refractivity contribution in [3.63, 3.8) is 0 Å². The van der Waals surface area contributed by atoms with E-state index in [2.05, 4.69) is 15.6 Å². The normalized spacial score (nSPS) is 22.0. The second-order valence-corrected chi connectivity index (χ2v) is 13.0. The van der Waals surface area contributed by atoms with Gasteiger partial charge in [-0.25, -0.2) is 9.37 Å². The number of β-amino-alcohol motifs (C(OH)–C–C–N with tert-alkyl or cyclic N) is 1. The molecule has 0 bridgehead atoms. The summed E-state index contributed by atoms with van der Waals surface area (Å²) in [6.07, 6.45) is 1.28. The highest BCUT2D eigenvalue weighted by Crippen LogP contribution is 2.40. The molecule has 1 aromatic carbocycles. The molecule has 1 aliphatic heterocycles. The fourth-order valence-corrected chi connectivity index (χ4v) is 5.82. The van der Waals surface area contributed by atoms with Gasteiger partial charge in [0, 0.05) is 17.7 Å². The van der Waals surface area contributed by atoms with Crippen LogP contribution < -0.4 is 10.6 Å². The van der Waals surface area contributed by atoms with E-state index in [1.807, 2.05) is 43.6 Å². The summed E-state index contributed by atoms with van der Waals surface area (Å²) < 4.78 is 13.7. The van der Waals surface area contributed by atoms with Crippen LogP contribution in [0.4, 0.5) is 4.39 Å². The number of thioether (sulfide) groups is 1. The van der Waals surface area contributed by atoms with Gasteiger partial charge in [-0.05, 0) is 57.9 Å². The smallest absolute Gasteiger partial charge is 0.258 e. The molecule has 0 radical (unpaired) electrons. The molecule has 3 amide bonds. The predicted octanol–water partition coefficient (Wildman–Crippen LogP) is 3.39. The monoisotopic (exact) mass is 562 g/mol. The number of nitrogens with zero attached hydrogens (tertiary/aromatic N) is 2. The molecule has 38 heavy (non-hydrogen) atoms. The Morgan fingerprint density at radius 2 is 1.89 bits per heavy atom. The third-order valence-corrected chi connectivity index (χ3v) is 9.75. The first-order valence-corrected chi connectivity index (χ1v) is 14.8. The Labute approximate surface area is 230 Å². The van der Waals surface area contributed by atoms with E-state index in [9.17, 15) is 23.9 Å². The summed E-state index contributed by atoms with van der Waals surface area (Å²) in [5.74, 6) is -1.69. The van der Waals surface area contributed by atoms with Crippen LogP contribution in [-0.4, -0.2) is 74.1 Å². The number of halogens is 1. The minimum absolute atomic E-state index is 0.0359. The molecule has 206 valence electrons. The van der Waals surface area contributed by atoms with Gasteiger partial charge in [-0.1, -0.05) is 24.3 Å². The lowest BCUT2D eigenvalue weighted by atomic mass is 10.00. The van der Waals surface area contributed by atoms with Gasteiger partial charge in [0.25, 0.3) is 5.91 Å². The fraction of sp³-hybridized carbons (Fsp3) is 0.556. The Balaban J connectivity index is 1.47. The minimum Gasteiger partial charge on any atom is -0.391 e. The molecule has 2 aromatic rings. The summed E-state index contributed by atoms with van der Waals surface area (Å²) in [5.41, 5.74) is 2.78. The number of aliphatic hydroxyl groups excluding tert-OH is 1. The average Bonchev–Trinajstić information content (AvgIpc) is 3.30. The zero-order chi connectivity index (χ0) is 27.8. The zero-order valence-electron chi connectivity index (χ0n) is 22.3. The lowest BCUT2D eigenvalue weighted by Crippen LogP contribution is -2.61. The van der Waals surface area contributed by atoms with Crippen LogP contribution in [0.15, 0.2) is 29.8 Å². The number of hydrogen-bond acceptors (Lipinski definition) is 7. The van der Waals surface area contributed by atoms with Crippen LogP contribution in [0.3, 0.4) is 0 Å². The van der Waals surface area contributed by atoms with Crippen LogP contribution in [0.1, 0.15) is 57.3 Å². The molecule has 4 rings (SSSR count). The minimum atomic E-state index is -1.93. The summed E-state index contributed by atoms with van der Waals surface area (Å²) >= 11 is 2.93. The first-order chi connectivity index (χ1) is 17.9. The largest absolute Gasteiger partial charge is 0.391 e. The summed E-state index contributed by atoms with van der Waals surface area (Å²) in [6.45, 7) is 7.37. The third-order valence-electron chi connectivity index (χ3n) is 7.48. The topological polar surface area (TPSA) is 112 Å². The van der Waals surface area contributed by atoms with Crippen molar-refractivity contribution in [1.82, 2.24) is 20.5 Å². The van der Waals surface area contributed by atoms with E-state index in [0.29, 0.717) is 0 Å². The number of nitrogens with one attached hydrogen (secondary N) is 2. The van der Waals surface area contributed by atoms with Crippen LogP contribution >= 0.6 is 23.1 Å². The fourth-order valence-electron chi connectivity index (χ4n) is 4.61. The Morgan fingerprint density at radius 3 is 2.45 bits per heavy atom. The van der Waals surface area contributed by atoms with Gasteiger partial charge < -0.3 is 20.6 Å². The highest BCUT2D eigenvalue weighted by atomic mass is 32.2. The van der Waals surface area contributed by atoms with Crippen molar-refractivity contribution in [2.24, 2.45) is 0 Å². The lowest BCUT2D eigenvalue weighted by molar-refractivity contribution is -0.143. The molecule has 1 saturated carbocycles. The number of aliphatic hydroxyl groups is 1.